The smallest absolute Gasteiger partial charge is 0.269 e. The van der Waals surface area contributed by atoms with Gasteiger partial charge < -0.3 is 19.1 Å². The summed E-state index contributed by atoms with van der Waals surface area (Å²) in [5.41, 5.74) is 0.754. The molecule has 0 spiro atoms. The molecule has 2 heterocycles. The zero-order valence-corrected chi connectivity index (χ0v) is 18.1. The lowest BCUT2D eigenvalue weighted by Gasteiger charge is -2.33. The SMILES string of the molecule is COCCN(C)c1cnn([C@@H]2CCCN(CCOc3cccc(OC)c3)C2)c(=O)c1. The van der Waals surface area contributed by atoms with Crippen LogP contribution in [0.25, 0.3) is 0 Å². The van der Waals surface area contributed by atoms with E-state index in [9.17, 15) is 4.79 Å². The van der Waals surface area contributed by atoms with Gasteiger partial charge in [-0.25, -0.2) is 4.68 Å². The van der Waals surface area contributed by atoms with Crippen LogP contribution in [0.3, 0.4) is 0 Å². The van der Waals surface area contributed by atoms with Gasteiger partial charge in [0.05, 0.1) is 31.6 Å². The predicted molar refractivity (Wildman–Crippen MR) is 117 cm³/mol. The zero-order chi connectivity index (χ0) is 21.3. The maximum absolute atomic E-state index is 12.7. The molecule has 0 N–H and O–H groups in total. The highest BCUT2D eigenvalue weighted by Crippen LogP contribution is 2.21. The van der Waals surface area contributed by atoms with Crippen LogP contribution < -0.4 is 19.9 Å². The molecule has 8 nitrogen and oxygen atoms in total. The number of aromatic nitrogens is 2. The molecule has 0 radical (unpaired) electrons. The highest BCUT2D eigenvalue weighted by molar-refractivity contribution is 5.41. The summed E-state index contributed by atoms with van der Waals surface area (Å²) in [4.78, 5) is 17.0. The van der Waals surface area contributed by atoms with Crippen molar-refractivity contribution in [3.05, 3.63) is 46.9 Å². The first-order chi connectivity index (χ1) is 14.6. The zero-order valence-electron chi connectivity index (χ0n) is 18.1. The number of ether oxygens (including phenoxy) is 3. The molecule has 1 aliphatic heterocycles. The molecule has 3 rings (SSSR count). The maximum Gasteiger partial charge on any atom is 0.269 e. The molecule has 30 heavy (non-hydrogen) atoms. The fourth-order valence-electron chi connectivity index (χ4n) is 3.67. The lowest BCUT2D eigenvalue weighted by atomic mass is 10.1. The first kappa shape index (κ1) is 22.1. The van der Waals surface area contributed by atoms with Gasteiger partial charge in [0, 0.05) is 45.9 Å². The van der Waals surface area contributed by atoms with Gasteiger partial charge in [-0.1, -0.05) is 6.07 Å². The van der Waals surface area contributed by atoms with Gasteiger partial charge in [-0.3, -0.25) is 9.69 Å². The highest BCUT2D eigenvalue weighted by Gasteiger charge is 2.23. The molecular formula is C22H32N4O4. The van der Waals surface area contributed by atoms with Gasteiger partial charge in [-0.2, -0.15) is 5.10 Å². The van der Waals surface area contributed by atoms with E-state index in [1.807, 2.05) is 36.2 Å². The molecule has 1 aliphatic rings. The minimum atomic E-state index is -0.0590. The summed E-state index contributed by atoms with van der Waals surface area (Å²) in [5.74, 6) is 1.58. The average molecular weight is 417 g/mol. The number of rotatable bonds is 10. The number of benzene rings is 1. The third kappa shape index (κ3) is 5.96. The summed E-state index contributed by atoms with van der Waals surface area (Å²) in [6.45, 7) is 4.52. The van der Waals surface area contributed by atoms with Crippen LogP contribution in [0, 0.1) is 0 Å². The molecule has 1 saturated heterocycles. The second-order valence-corrected chi connectivity index (χ2v) is 7.54. The highest BCUT2D eigenvalue weighted by atomic mass is 16.5. The number of methoxy groups -OCH3 is 2. The molecule has 0 bridgehead atoms. The van der Waals surface area contributed by atoms with Gasteiger partial charge in [0.1, 0.15) is 18.1 Å². The maximum atomic E-state index is 12.7. The van der Waals surface area contributed by atoms with Gasteiger partial charge in [0.2, 0.25) is 0 Å². The van der Waals surface area contributed by atoms with E-state index >= 15 is 0 Å². The van der Waals surface area contributed by atoms with Crippen LogP contribution in [-0.4, -0.2) is 75.3 Å². The van der Waals surface area contributed by atoms with E-state index in [0.29, 0.717) is 19.8 Å². The molecule has 1 atom stereocenters. The number of anilines is 1. The van der Waals surface area contributed by atoms with Gasteiger partial charge in [-0.05, 0) is 31.5 Å². The molecular weight excluding hydrogens is 384 g/mol. The van der Waals surface area contributed by atoms with E-state index in [0.717, 1.165) is 49.7 Å². The Labute approximate surface area is 178 Å². The molecule has 2 aromatic rings. The predicted octanol–water partition coefficient (Wildman–Crippen LogP) is 2.05. The van der Waals surface area contributed by atoms with Crippen molar-refractivity contribution in [2.24, 2.45) is 0 Å². The molecule has 0 saturated carbocycles. The Morgan fingerprint density at radius 1 is 1.20 bits per heavy atom. The van der Waals surface area contributed by atoms with Crippen molar-refractivity contribution >= 4 is 5.69 Å². The monoisotopic (exact) mass is 416 g/mol. The number of likely N-dealkylation sites (N-methyl/N-ethyl adjacent to an activating group) is 1. The number of piperidine rings is 1. The Balaban J connectivity index is 1.54. The van der Waals surface area contributed by atoms with Crippen molar-refractivity contribution < 1.29 is 14.2 Å². The van der Waals surface area contributed by atoms with Crippen LogP contribution in [0.15, 0.2) is 41.3 Å². The van der Waals surface area contributed by atoms with E-state index in [2.05, 4.69) is 10.00 Å². The lowest BCUT2D eigenvalue weighted by molar-refractivity contribution is 0.142. The standard InChI is InChI=1S/C22H32N4O4/c1-24(10-12-28-2)19-14-22(27)26(23-16-19)18-6-5-9-25(17-18)11-13-30-21-8-4-7-20(15-21)29-3/h4,7-8,14-16,18H,5-6,9-13,17H2,1-3H3/t18-/m1/s1. The fourth-order valence-corrected chi connectivity index (χ4v) is 3.67. The Kier molecular flexibility index (Phi) is 8.10. The minimum Gasteiger partial charge on any atom is -0.497 e. The third-order valence-electron chi connectivity index (χ3n) is 5.43. The molecule has 1 aromatic heterocycles. The van der Waals surface area contributed by atoms with Crippen molar-refractivity contribution in [2.45, 2.75) is 18.9 Å². The van der Waals surface area contributed by atoms with Crippen LogP contribution >= 0.6 is 0 Å². The number of hydrogen-bond acceptors (Lipinski definition) is 7. The number of likely N-dealkylation sites (tertiary alicyclic amines) is 1. The number of hydrogen-bond donors (Lipinski definition) is 0. The molecule has 0 unspecified atom stereocenters. The van der Waals surface area contributed by atoms with E-state index < -0.39 is 0 Å². The van der Waals surface area contributed by atoms with Crippen molar-refractivity contribution in [1.82, 2.24) is 14.7 Å². The Morgan fingerprint density at radius 2 is 2.03 bits per heavy atom. The van der Waals surface area contributed by atoms with Crippen LogP contribution in [0.2, 0.25) is 0 Å². The summed E-state index contributed by atoms with van der Waals surface area (Å²) in [7, 11) is 5.25. The third-order valence-corrected chi connectivity index (χ3v) is 5.43. The van der Waals surface area contributed by atoms with Gasteiger partial charge >= 0.3 is 0 Å². The second-order valence-electron chi connectivity index (χ2n) is 7.54. The van der Waals surface area contributed by atoms with Gasteiger partial charge in [-0.15, -0.1) is 0 Å². The normalized spacial score (nSPS) is 17.0. The van der Waals surface area contributed by atoms with Crippen molar-refractivity contribution in [1.29, 1.82) is 0 Å². The fraction of sp³-hybridized carbons (Fsp3) is 0.545. The molecule has 8 heteroatoms. The van der Waals surface area contributed by atoms with Crippen LogP contribution in [-0.2, 0) is 4.74 Å². The first-order valence-electron chi connectivity index (χ1n) is 10.4. The van der Waals surface area contributed by atoms with Crippen molar-refractivity contribution in [3.8, 4) is 11.5 Å². The van der Waals surface area contributed by atoms with E-state index in [1.165, 1.54) is 0 Å². The van der Waals surface area contributed by atoms with Crippen molar-refractivity contribution in [2.75, 3.05) is 65.6 Å². The molecule has 1 aromatic carbocycles. The summed E-state index contributed by atoms with van der Waals surface area (Å²) < 4.78 is 17.8. The first-order valence-corrected chi connectivity index (χ1v) is 10.4. The van der Waals surface area contributed by atoms with E-state index in [-0.39, 0.29) is 11.6 Å². The molecule has 0 aliphatic carbocycles. The van der Waals surface area contributed by atoms with Crippen LogP contribution in [0.1, 0.15) is 18.9 Å². The Morgan fingerprint density at radius 3 is 2.80 bits per heavy atom. The van der Waals surface area contributed by atoms with E-state index in [1.54, 1.807) is 31.2 Å². The summed E-state index contributed by atoms with van der Waals surface area (Å²) in [6, 6.07) is 9.37. The molecule has 164 valence electrons. The summed E-state index contributed by atoms with van der Waals surface area (Å²) in [5, 5.41) is 4.46. The largest absolute Gasteiger partial charge is 0.497 e. The summed E-state index contributed by atoms with van der Waals surface area (Å²) in [6.07, 6.45) is 3.76. The molecule has 0 amide bonds. The lowest BCUT2D eigenvalue weighted by Crippen LogP contribution is -2.42. The van der Waals surface area contributed by atoms with Gasteiger partial charge in [0.15, 0.2) is 0 Å². The van der Waals surface area contributed by atoms with Crippen molar-refractivity contribution in [3.63, 3.8) is 0 Å². The quantitative estimate of drug-likeness (QED) is 0.587. The average Bonchev–Trinajstić information content (AvgIpc) is 2.77. The topological polar surface area (TPSA) is 69.1 Å². The van der Waals surface area contributed by atoms with E-state index in [4.69, 9.17) is 14.2 Å². The second kappa shape index (κ2) is 11.0. The summed E-state index contributed by atoms with van der Waals surface area (Å²) >= 11 is 0. The Hall–Kier alpha value is -2.58. The van der Waals surface area contributed by atoms with Crippen LogP contribution in [0.4, 0.5) is 5.69 Å². The number of nitrogens with zero attached hydrogens (tertiary/aromatic N) is 4. The molecule has 1 fully saturated rings. The Bertz CT molecular complexity index is 857. The van der Waals surface area contributed by atoms with Crippen LogP contribution in [0.5, 0.6) is 11.5 Å². The minimum absolute atomic E-state index is 0.0590. The van der Waals surface area contributed by atoms with Gasteiger partial charge in [0.25, 0.3) is 5.56 Å².